The van der Waals surface area contributed by atoms with Crippen molar-refractivity contribution in [1.29, 1.82) is 0 Å². The molecule has 0 aliphatic carbocycles. The van der Waals surface area contributed by atoms with E-state index in [0.29, 0.717) is 6.10 Å². The van der Waals surface area contributed by atoms with Crippen LogP contribution in [0.4, 0.5) is 0 Å². The van der Waals surface area contributed by atoms with Crippen LogP contribution in [0, 0.1) is 5.92 Å². The Labute approximate surface area is 69.5 Å². The second-order valence-corrected chi connectivity index (χ2v) is 3.49. The summed E-state index contributed by atoms with van der Waals surface area (Å²) in [7, 11) is 4.02. The van der Waals surface area contributed by atoms with E-state index >= 15 is 0 Å². The van der Waals surface area contributed by atoms with Gasteiger partial charge in [-0.15, -0.1) is 0 Å². The Bertz CT molecular complexity index is 116. The Morgan fingerprint density at radius 3 is 2.82 bits per heavy atom. The third-order valence-corrected chi connectivity index (χ3v) is 2.69. The minimum Gasteiger partial charge on any atom is -0.381 e. The zero-order valence-corrected chi connectivity index (χ0v) is 7.84. The highest BCUT2D eigenvalue weighted by molar-refractivity contribution is 4.78. The molecule has 1 rings (SSSR count). The van der Waals surface area contributed by atoms with Crippen LogP contribution in [-0.2, 0) is 4.74 Å². The van der Waals surface area contributed by atoms with E-state index in [2.05, 4.69) is 18.9 Å². The SMILES string of the molecule is CCC1CN(C)CCC1OC. The molecule has 1 aliphatic rings. The summed E-state index contributed by atoms with van der Waals surface area (Å²) >= 11 is 0. The normalized spacial score (nSPS) is 34.1. The number of hydrogen-bond acceptors (Lipinski definition) is 2. The van der Waals surface area contributed by atoms with E-state index < -0.39 is 0 Å². The van der Waals surface area contributed by atoms with Crippen molar-refractivity contribution in [2.24, 2.45) is 5.92 Å². The van der Waals surface area contributed by atoms with Gasteiger partial charge in [0, 0.05) is 20.2 Å². The quantitative estimate of drug-likeness (QED) is 0.600. The number of hydrogen-bond donors (Lipinski definition) is 0. The van der Waals surface area contributed by atoms with Crippen molar-refractivity contribution >= 4 is 0 Å². The fourth-order valence-corrected chi connectivity index (χ4v) is 1.89. The maximum atomic E-state index is 5.42. The molecule has 1 fully saturated rings. The lowest BCUT2D eigenvalue weighted by molar-refractivity contribution is -0.000950. The molecule has 0 aromatic carbocycles. The Hall–Kier alpha value is -0.0800. The predicted molar refractivity (Wildman–Crippen MR) is 46.7 cm³/mol. The summed E-state index contributed by atoms with van der Waals surface area (Å²) in [5.74, 6) is 0.749. The van der Waals surface area contributed by atoms with E-state index in [-0.39, 0.29) is 0 Å². The number of rotatable bonds is 2. The summed E-state index contributed by atoms with van der Waals surface area (Å²) < 4.78 is 5.42. The molecule has 0 aromatic heterocycles. The zero-order valence-electron chi connectivity index (χ0n) is 7.84. The van der Waals surface area contributed by atoms with Crippen molar-refractivity contribution in [2.45, 2.75) is 25.9 Å². The smallest absolute Gasteiger partial charge is 0.0623 e. The van der Waals surface area contributed by atoms with Gasteiger partial charge in [-0.25, -0.2) is 0 Å². The molecule has 2 unspecified atom stereocenters. The molecule has 0 saturated carbocycles. The van der Waals surface area contributed by atoms with Crippen LogP contribution in [0.2, 0.25) is 0 Å². The largest absolute Gasteiger partial charge is 0.381 e. The van der Waals surface area contributed by atoms with Crippen LogP contribution in [-0.4, -0.2) is 38.3 Å². The highest BCUT2D eigenvalue weighted by Gasteiger charge is 2.25. The summed E-state index contributed by atoms with van der Waals surface area (Å²) in [5.41, 5.74) is 0. The van der Waals surface area contributed by atoms with Crippen LogP contribution in [0.5, 0.6) is 0 Å². The average Bonchev–Trinajstić information content (AvgIpc) is 2.04. The van der Waals surface area contributed by atoms with Gasteiger partial charge >= 0.3 is 0 Å². The Morgan fingerprint density at radius 1 is 1.55 bits per heavy atom. The lowest BCUT2D eigenvalue weighted by Gasteiger charge is -2.35. The van der Waals surface area contributed by atoms with Crippen molar-refractivity contribution < 1.29 is 4.74 Å². The maximum Gasteiger partial charge on any atom is 0.0623 e. The predicted octanol–water partition coefficient (Wildman–Crippen LogP) is 1.36. The van der Waals surface area contributed by atoms with Crippen LogP contribution >= 0.6 is 0 Å². The molecule has 0 amide bonds. The van der Waals surface area contributed by atoms with E-state index in [1.165, 1.54) is 25.9 Å². The second kappa shape index (κ2) is 4.07. The number of methoxy groups -OCH3 is 1. The third kappa shape index (κ3) is 2.17. The van der Waals surface area contributed by atoms with E-state index in [1.807, 2.05) is 7.11 Å². The molecule has 0 bridgehead atoms. The first kappa shape index (κ1) is 9.01. The number of ether oxygens (including phenoxy) is 1. The van der Waals surface area contributed by atoms with Gasteiger partial charge in [0.2, 0.25) is 0 Å². The van der Waals surface area contributed by atoms with Crippen LogP contribution < -0.4 is 0 Å². The van der Waals surface area contributed by atoms with E-state index in [4.69, 9.17) is 4.74 Å². The van der Waals surface area contributed by atoms with E-state index in [0.717, 1.165) is 5.92 Å². The molecular weight excluding hydrogens is 138 g/mol. The Kier molecular flexibility index (Phi) is 3.34. The van der Waals surface area contributed by atoms with Crippen LogP contribution in [0.1, 0.15) is 19.8 Å². The Morgan fingerprint density at radius 2 is 2.27 bits per heavy atom. The fourth-order valence-electron chi connectivity index (χ4n) is 1.89. The second-order valence-electron chi connectivity index (χ2n) is 3.49. The molecule has 0 spiro atoms. The summed E-state index contributed by atoms with van der Waals surface area (Å²) in [6.45, 7) is 4.64. The molecule has 11 heavy (non-hydrogen) atoms. The molecule has 1 saturated heterocycles. The van der Waals surface area contributed by atoms with Crippen molar-refractivity contribution in [1.82, 2.24) is 4.90 Å². The maximum absolute atomic E-state index is 5.42. The first-order chi connectivity index (χ1) is 5.27. The summed E-state index contributed by atoms with van der Waals surface area (Å²) in [6, 6.07) is 0. The molecule has 0 aromatic rings. The average molecular weight is 157 g/mol. The monoisotopic (exact) mass is 157 g/mol. The van der Waals surface area contributed by atoms with Gasteiger partial charge in [-0.3, -0.25) is 0 Å². The molecular formula is C9H19NO. The van der Waals surface area contributed by atoms with Crippen LogP contribution in [0.25, 0.3) is 0 Å². The summed E-state index contributed by atoms with van der Waals surface area (Å²) in [6.07, 6.45) is 2.95. The molecule has 2 nitrogen and oxygen atoms in total. The van der Waals surface area contributed by atoms with Gasteiger partial charge in [-0.1, -0.05) is 6.92 Å². The summed E-state index contributed by atoms with van der Waals surface area (Å²) in [5, 5.41) is 0. The van der Waals surface area contributed by atoms with Gasteiger partial charge in [0.1, 0.15) is 0 Å². The number of likely N-dealkylation sites (tertiary alicyclic amines) is 1. The standard InChI is InChI=1S/C9H19NO/c1-4-8-7-10(2)6-5-9(8)11-3/h8-9H,4-7H2,1-3H3. The zero-order chi connectivity index (χ0) is 8.27. The van der Waals surface area contributed by atoms with Crippen molar-refractivity contribution in [3.8, 4) is 0 Å². The first-order valence-corrected chi connectivity index (χ1v) is 4.49. The third-order valence-electron chi connectivity index (χ3n) is 2.69. The molecule has 2 atom stereocenters. The van der Waals surface area contributed by atoms with E-state index in [9.17, 15) is 0 Å². The highest BCUT2D eigenvalue weighted by Crippen LogP contribution is 2.20. The first-order valence-electron chi connectivity index (χ1n) is 4.49. The molecule has 66 valence electrons. The van der Waals surface area contributed by atoms with Gasteiger partial charge in [0.25, 0.3) is 0 Å². The lowest BCUT2D eigenvalue weighted by Crippen LogP contribution is -2.41. The lowest BCUT2D eigenvalue weighted by atomic mass is 9.93. The van der Waals surface area contributed by atoms with Gasteiger partial charge in [-0.2, -0.15) is 0 Å². The van der Waals surface area contributed by atoms with Crippen molar-refractivity contribution in [2.75, 3.05) is 27.2 Å². The molecule has 2 heteroatoms. The van der Waals surface area contributed by atoms with Crippen LogP contribution in [0.3, 0.4) is 0 Å². The molecule has 1 heterocycles. The molecule has 0 radical (unpaired) electrons. The van der Waals surface area contributed by atoms with E-state index in [1.54, 1.807) is 0 Å². The van der Waals surface area contributed by atoms with Crippen molar-refractivity contribution in [3.63, 3.8) is 0 Å². The van der Waals surface area contributed by atoms with Gasteiger partial charge in [0.15, 0.2) is 0 Å². The minimum atomic E-state index is 0.510. The van der Waals surface area contributed by atoms with Gasteiger partial charge in [-0.05, 0) is 25.8 Å². The number of nitrogens with zero attached hydrogens (tertiary/aromatic N) is 1. The van der Waals surface area contributed by atoms with Gasteiger partial charge < -0.3 is 9.64 Å². The fraction of sp³-hybridized carbons (Fsp3) is 1.00. The molecule has 0 N–H and O–H groups in total. The summed E-state index contributed by atoms with van der Waals surface area (Å²) in [4.78, 5) is 2.39. The number of piperidine rings is 1. The van der Waals surface area contributed by atoms with Gasteiger partial charge in [0.05, 0.1) is 6.10 Å². The molecule has 1 aliphatic heterocycles. The topological polar surface area (TPSA) is 12.5 Å². The highest BCUT2D eigenvalue weighted by atomic mass is 16.5. The Balaban J connectivity index is 2.41. The van der Waals surface area contributed by atoms with Crippen molar-refractivity contribution in [3.05, 3.63) is 0 Å². The van der Waals surface area contributed by atoms with Crippen LogP contribution in [0.15, 0.2) is 0 Å². The minimum absolute atomic E-state index is 0.510.